The third-order valence-corrected chi connectivity index (χ3v) is 5.15. The largest absolute Gasteiger partial charge is 0.511 e. The zero-order valence-electron chi connectivity index (χ0n) is 17.3. The van der Waals surface area contributed by atoms with Crippen LogP contribution in [0.4, 0.5) is 10.6 Å². The molecule has 0 fully saturated rings. The highest BCUT2D eigenvalue weighted by Crippen LogP contribution is 2.33. The Morgan fingerprint density at radius 2 is 1.97 bits per heavy atom. The summed E-state index contributed by atoms with van der Waals surface area (Å²) < 4.78 is 6.73. The van der Waals surface area contributed by atoms with E-state index in [4.69, 9.17) is 19.8 Å². The Bertz CT molecular complexity index is 1250. The topological polar surface area (TPSA) is 93.4 Å². The number of hydrogen-bond donors (Lipinski definition) is 1. The Hall–Kier alpha value is -3.68. The van der Waals surface area contributed by atoms with E-state index in [0.717, 1.165) is 28.7 Å². The molecule has 2 heterocycles. The van der Waals surface area contributed by atoms with Crippen molar-refractivity contribution >= 4 is 33.9 Å². The van der Waals surface area contributed by atoms with Crippen LogP contribution < -0.4 is 9.64 Å². The number of aromatic nitrogens is 4. The van der Waals surface area contributed by atoms with Crippen molar-refractivity contribution in [2.75, 3.05) is 11.9 Å². The summed E-state index contributed by atoms with van der Waals surface area (Å²) in [5.74, 6) is 0.927. The van der Waals surface area contributed by atoms with Crippen molar-refractivity contribution in [2.45, 2.75) is 33.4 Å². The Balaban J connectivity index is 1.90. The summed E-state index contributed by atoms with van der Waals surface area (Å²) in [6, 6.07) is 11.2. The van der Waals surface area contributed by atoms with Gasteiger partial charge in [-0.05, 0) is 45.0 Å². The second-order valence-corrected chi connectivity index (χ2v) is 7.35. The molecule has 30 heavy (non-hydrogen) atoms. The first-order valence-electron chi connectivity index (χ1n) is 9.78. The van der Waals surface area contributed by atoms with Gasteiger partial charge in [0.05, 0.1) is 22.7 Å². The van der Waals surface area contributed by atoms with E-state index in [1.165, 1.54) is 0 Å². The highest BCUT2D eigenvalue weighted by atomic mass is 16.7. The Kier molecular flexibility index (Phi) is 4.99. The second-order valence-electron chi connectivity index (χ2n) is 7.35. The van der Waals surface area contributed by atoms with E-state index >= 15 is 0 Å². The predicted molar refractivity (Wildman–Crippen MR) is 116 cm³/mol. The van der Waals surface area contributed by atoms with E-state index in [9.17, 15) is 4.79 Å². The molecule has 0 bridgehead atoms. The molecule has 8 heteroatoms. The van der Waals surface area contributed by atoms with Crippen molar-refractivity contribution in [3.63, 3.8) is 0 Å². The molecule has 0 spiro atoms. The monoisotopic (exact) mass is 405 g/mol. The van der Waals surface area contributed by atoms with Gasteiger partial charge in [0, 0.05) is 36.7 Å². The zero-order chi connectivity index (χ0) is 21.4. The molecular weight excluding hydrogens is 382 g/mol. The third kappa shape index (κ3) is 3.52. The van der Waals surface area contributed by atoms with Crippen LogP contribution in [-0.2, 0) is 6.54 Å². The summed E-state index contributed by atoms with van der Waals surface area (Å²) in [6.07, 6.45) is 0.498. The van der Waals surface area contributed by atoms with E-state index in [1.54, 1.807) is 18.2 Å². The van der Waals surface area contributed by atoms with E-state index in [1.807, 2.05) is 28.9 Å². The lowest BCUT2D eigenvalue weighted by atomic mass is 10.1. The van der Waals surface area contributed by atoms with Gasteiger partial charge in [-0.1, -0.05) is 6.07 Å². The first kappa shape index (κ1) is 19.6. The molecule has 0 saturated heterocycles. The van der Waals surface area contributed by atoms with E-state index in [-0.39, 0.29) is 11.8 Å². The van der Waals surface area contributed by atoms with Gasteiger partial charge in [-0.25, -0.2) is 14.8 Å². The molecule has 0 aliphatic carbocycles. The van der Waals surface area contributed by atoms with Gasteiger partial charge in [-0.15, -0.1) is 0 Å². The summed E-state index contributed by atoms with van der Waals surface area (Å²) in [6.45, 7) is 7.02. The van der Waals surface area contributed by atoms with Crippen LogP contribution in [0, 0.1) is 0 Å². The third-order valence-electron chi connectivity index (χ3n) is 5.15. The molecule has 0 aliphatic rings. The zero-order valence-corrected chi connectivity index (χ0v) is 17.3. The van der Waals surface area contributed by atoms with Crippen molar-refractivity contribution in [3.05, 3.63) is 42.6 Å². The highest BCUT2D eigenvalue weighted by Gasteiger charge is 2.18. The Labute approximate surface area is 173 Å². The molecule has 0 unspecified atom stereocenters. The fourth-order valence-corrected chi connectivity index (χ4v) is 3.36. The number of ether oxygens (including phenoxy) is 1. The molecule has 154 valence electrons. The number of aryl methyl sites for hydroxylation is 1. The predicted octanol–water partition coefficient (Wildman–Crippen LogP) is 4.57. The van der Waals surface area contributed by atoms with E-state index in [0.29, 0.717) is 16.9 Å². The number of nitrogens with zero attached hydrogens (tertiary/aromatic N) is 5. The Morgan fingerprint density at radius 3 is 2.67 bits per heavy atom. The summed E-state index contributed by atoms with van der Waals surface area (Å²) in [5.41, 5.74) is 4.01. The molecule has 1 N–H and O–H groups in total. The highest BCUT2D eigenvalue weighted by molar-refractivity contribution is 5.89. The lowest BCUT2D eigenvalue weighted by Gasteiger charge is -2.25. The van der Waals surface area contributed by atoms with Gasteiger partial charge in [-0.2, -0.15) is 5.10 Å². The van der Waals surface area contributed by atoms with Crippen LogP contribution in [0.1, 0.15) is 20.8 Å². The number of rotatable bonds is 5. The van der Waals surface area contributed by atoms with Crippen LogP contribution >= 0.6 is 0 Å². The smallest absolute Gasteiger partial charge is 0.449 e. The number of carbonyl (C=O) groups is 1. The lowest BCUT2D eigenvalue weighted by molar-refractivity contribution is 0.144. The van der Waals surface area contributed by atoms with Gasteiger partial charge in [-0.3, -0.25) is 4.68 Å². The van der Waals surface area contributed by atoms with E-state index in [2.05, 4.69) is 38.0 Å². The molecular formula is C22H23N5O3. The minimum atomic E-state index is -1.36. The normalized spacial score (nSPS) is 11.4. The van der Waals surface area contributed by atoms with Crippen molar-refractivity contribution in [1.82, 2.24) is 19.7 Å². The minimum absolute atomic E-state index is 0.195. The van der Waals surface area contributed by atoms with Crippen molar-refractivity contribution < 1.29 is 14.6 Å². The maximum atomic E-state index is 10.9. The van der Waals surface area contributed by atoms with Crippen molar-refractivity contribution in [2.24, 2.45) is 0 Å². The standard InChI is InChI=1S/C22H23N5O3/c1-5-27-19-9-6-14(10-15(19)12-23-27)20-21(26(4)13(2)3)25-18-11-16(30-22(28)29)7-8-17(18)24-20/h6-13H,5H2,1-4H3,(H,28,29). The van der Waals surface area contributed by atoms with Gasteiger partial charge in [0.25, 0.3) is 0 Å². The fourth-order valence-electron chi connectivity index (χ4n) is 3.36. The number of benzene rings is 2. The molecule has 0 radical (unpaired) electrons. The molecule has 0 aliphatic heterocycles. The van der Waals surface area contributed by atoms with Gasteiger partial charge in [0.15, 0.2) is 5.82 Å². The van der Waals surface area contributed by atoms with Crippen LogP contribution in [0.5, 0.6) is 5.75 Å². The molecule has 0 amide bonds. The summed E-state index contributed by atoms with van der Waals surface area (Å²) >= 11 is 0. The SMILES string of the molecule is CCn1ncc2cc(-c3nc4ccc(OC(=O)O)cc4nc3N(C)C(C)C)ccc21. The second kappa shape index (κ2) is 7.62. The lowest BCUT2D eigenvalue weighted by Crippen LogP contribution is -2.27. The molecule has 4 aromatic rings. The average Bonchev–Trinajstić information content (AvgIpc) is 3.14. The first-order chi connectivity index (χ1) is 14.4. The van der Waals surface area contributed by atoms with Gasteiger partial charge >= 0.3 is 6.16 Å². The number of carboxylic acid groups (broad SMARTS) is 1. The Morgan fingerprint density at radius 1 is 1.17 bits per heavy atom. The summed E-state index contributed by atoms with van der Waals surface area (Å²) in [4.78, 5) is 22.6. The number of anilines is 1. The van der Waals surface area contributed by atoms with Crippen molar-refractivity contribution in [3.8, 4) is 17.0 Å². The first-order valence-corrected chi connectivity index (χ1v) is 9.78. The number of hydrogen-bond acceptors (Lipinski definition) is 6. The number of fused-ring (bicyclic) bond motifs is 2. The van der Waals surface area contributed by atoms with Crippen molar-refractivity contribution in [1.29, 1.82) is 0 Å². The average molecular weight is 405 g/mol. The molecule has 0 saturated carbocycles. The van der Waals surface area contributed by atoms with Gasteiger partial charge in [0.2, 0.25) is 0 Å². The van der Waals surface area contributed by atoms with Crippen LogP contribution in [0.15, 0.2) is 42.6 Å². The van der Waals surface area contributed by atoms with Crippen LogP contribution in [0.25, 0.3) is 33.2 Å². The molecule has 2 aromatic carbocycles. The van der Waals surface area contributed by atoms with Crippen LogP contribution in [-0.4, -0.2) is 44.1 Å². The molecule has 4 rings (SSSR count). The van der Waals surface area contributed by atoms with Gasteiger partial charge < -0.3 is 14.7 Å². The van der Waals surface area contributed by atoms with Crippen LogP contribution in [0.3, 0.4) is 0 Å². The summed E-state index contributed by atoms with van der Waals surface area (Å²) in [5, 5.41) is 14.3. The molecule has 8 nitrogen and oxygen atoms in total. The van der Waals surface area contributed by atoms with Crippen LogP contribution in [0.2, 0.25) is 0 Å². The quantitative estimate of drug-likeness (QED) is 0.384. The minimum Gasteiger partial charge on any atom is -0.449 e. The maximum Gasteiger partial charge on any atom is 0.511 e. The fraction of sp³-hybridized carbons (Fsp3) is 0.273. The molecule has 2 aromatic heterocycles. The van der Waals surface area contributed by atoms with Gasteiger partial charge in [0.1, 0.15) is 11.4 Å². The summed E-state index contributed by atoms with van der Waals surface area (Å²) in [7, 11) is 1.97. The molecule has 0 atom stereocenters. The maximum absolute atomic E-state index is 10.9. The van der Waals surface area contributed by atoms with E-state index < -0.39 is 6.16 Å².